The first kappa shape index (κ1) is 11.2. The summed E-state index contributed by atoms with van der Waals surface area (Å²) in [4.78, 5) is 4.59. The number of benzene rings is 1. The van der Waals surface area contributed by atoms with E-state index in [9.17, 15) is 0 Å². The van der Waals surface area contributed by atoms with Crippen LogP contribution in [0.2, 0.25) is 19.6 Å². The van der Waals surface area contributed by atoms with Gasteiger partial charge in [-0.1, -0.05) is 70.2 Å². The van der Waals surface area contributed by atoms with Crippen molar-refractivity contribution in [3.63, 3.8) is 0 Å². The molecule has 1 aromatic carbocycles. The Morgan fingerprint density at radius 1 is 1.14 bits per heavy atom. The van der Waals surface area contributed by atoms with Crippen LogP contribution >= 0.6 is 0 Å². The van der Waals surface area contributed by atoms with Crippen molar-refractivity contribution in [1.82, 2.24) is 4.98 Å². The highest BCUT2D eigenvalue weighted by atomic mass is 28.3. The van der Waals surface area contributed by atoms with Crippen LogP contribution in [0.1, 0.15) is 38.8 Å². The van der Waals surface area contributed by atoms with Crippen molar-refractivity contribution in [2.45, 2.75) is 53.6 Å². The summed E-state index contributed by atoms with van der Waals surface area (Å²) in [5, 5.41) is 1.02. The summed E-state index contributed by atoms with van der Waals surface area (Å²) in [6, 6.07) is 8.52. The van der Waals surface area contributed by atoms with Crippen LogP contribution in [0.3, 0.4) is 0 Å². The minimum absolute atomic E-state index is 0.287. The van der Waals surface area contributed by atoms with E-state index in [1.807, 2.05) is 33.0 Å². The van der Waals surface area contributed by atoms with Crippen molar-refractivity contribution in [3.8, 4) is 11.3 Å². The van der Waals surface area contributed by atoms with Gasteiger partial charge in [-0.05, 0) is 35.5 Å². The lowest BCUT2D eigenvalue weighted by molar-refractivity contribution is 0.412. The Morgan fingerprint density at radius 3 is 2.27 bits per heavy atom. The van der Waals surface area contributed by atoms with Crippen molar-refractivity contribution < 1.29 is 6.85 Å². The van der Waals surface area contributed by atoms with E-state index in [-0.39, 0.29) is 5.56 Å². The molecule has 1 aromatic heterocycles. The number of aromatic nitrogens is 1. The van der Waals surface area contributed by atoms with Crippen LogP contribution < -0.4 is 5.19 Å². The Balaban J connectivity index is 2.63. The first-order valence-electron chi connectivity index (χ1n) is 10.2. The summed E-state index contributed by atoms with van der Waals surface area (Å²) < 4.78 is 40.1. The number of pyridine rings is 1. The highest BCUT2D eigenvalue weighted by Gasteiger charge is 2.24. The zero-order chi connectivity index (χ0) is 20.8. The normalized spacial score (nSPS) is 17.1. The maximum Gasteiger partial charge on any atom is 0.0799 e. The van der Waals surface area contributed by atoms with E-state index in [1.165, 1.54) is 0 Å². The van der Waals surface area contributed by atoms with Gasteiger partial charge in [0, 0.05) is 18.6 Å². The molecule has 0 atom stereocenters. The van der Waals surface area contributed by atoms with Gasteiger partial charge in [0.15, 0.2) is 0 Å². The molecule has 0 saturated carbocycles. The fourth-order valence-corrected chi connectivity index (χ4v) is 3.75. The lowest BCUT2D eigenvalue weighted by atomic mass is 9.88. The monoisotopic (exact) mass is 316 g/mol. The van der Waals surface area contributed by atoms with Gasteiger partial charge in [-0.3, -0.25) is 4.98 Å². The quantitative estimate of drug-likeness (QED) is 0.710. The molecule has 2 aromatic rings. The van der Waals surface area contributed by atoms with Gasteiger partial charge in [0.05, 0.1) is 13.8 Å². The van der Waals surface area contributed by atoms with E-state index in [0.717, 1.165) is 10.8 Å². The van der Waals surface area contributed by atoms with Gasteiger partial charge < -0.3 is 0 Å². The highest BCUT2D eigenvalue weighted by Crippen LogP contribution is 2.25. The topological polar surface area (TPSA) is 12.9 Å². The molecule has 22 heavy (non-hydrogen) atoms. The fourth-order valence-electron chi connectivity index (χ4n) is 2.36. The fraction of sp³-hybridized carbons (Fsp3) is 0.450. The van der Waals surface area contributed by atoms with Crippen LogP contribution in [0, 0.1) is 12.3 Å². The molecule has 0 bridgehead atoms. The van der Waals surface area contributed by atoms with Gasteiger partial charge in [-0.15, -0.1) is 0 Å². The second-order valence-electron chi connectivity index (χ2n) is 7.82. The Bertz CT molecular complexity index is 812. The van der Waals surface area contributed by atoms with E-state index < -0.39 is 26.7 Å². The molecule has 0 fully saturated rings. The standard InChI is InChI=1S/C20H29NSi/c1-15-8-10-16(11-9-15)18-12-17(13-20(2,3)4)19(14-21-18)22(5,6)7/h8-12,14H,13H2,1-7H3/i1D3,13D2. The smallest absolute Gasteiger partial charge is 0.0799 e. The molecule has 118 valence electrons. The molecule has 1 nitrogen and oxygen atoms in total. The highest BCUT2D eigenvalue weighted by molar-refractivity contribution is 6.89. The third-order valence-electron chi connectivity index (χ3n) is 3.40. The van der Waals surface area contributed by atoms with Crippen molar-refractivity contribution in [2.75, 3.05) is 0 Å². The number of rotatable bonds is 3. The molecule has 0 aliphatic heterocycles. The molecule has 2 rings (SSSR count). The molecule has 2 heteroatoms. The van der Waals surface area contributed by atoms with Gasteiger partial charge >= 0.3 is 0 Å². The molecule has 0 unspecified atom stereocenters. The minimum Gasteiger partial charge on any atom is -0.256 e. The molecular weight excluding hydrogens is 282 g/mol. The maximum absolute atomic E-state index is 8.80. The van der Waals surface area contributed by atoms with Crippen molar-refractivity contribution in [3.05, 3.63) is 47.7 Å². The lowest BCUT2D eigenvalue weighted by Gasteiger charge is -2.26. The first-order valence-corrected chi connectivity index (χ1v) is 11.2. The third kappa shape index (κ3) is 4.29. The van der Waals surface area contributed by atoms with Crippen LogP contribution in [0.4, 0.5) is 0 Å². The van der Waals surface area contributed by atoms with Crippen molar-refractivity contribution >= 4 is 13.3 Å². The summed E-state index contributed by atoms with van der Waals surface area (Å²) in [5.74, 6) is 0. The van der Waals surface area contributed by atoms with Crippen LogP contribution in [0.25, 0.3) is 11.3 Å². The van der Waals surface area contributed by atoms with E-state index >= 15 is 0 Å². The summed E-state index contributed by atoms with van der Waals surface area (Å²) in [7, 11) is -1.80. The van der Waals surface area contributed by atoms with Crippen LogP contribution in [0.5, 0.6) is 0 Å². The molecule has 0 spiro atoms. The molecule has 0 amide bonds. The predicted molar refractivity (Wildman–Crippen MR) is 101 cm³/mol. The summed E-state index contributed by atoms with van der Waals surface area (Å²) >= 11 is 0. The van der Waals surface area contributed by atoms with Crippen LogP contribution in [-0.2, 0) is 6.37 Å². The molecule has 0 aliphatic rings. The van der Waals surface area contributed by atoms with Crippen molar-refractivity contribution in [1.29, 1.82) is 0 Å². The molecule has 1 heterocycles. The molecular formula is C20H29NSi. The number of hydrogen-bond acceptors (Lipinski definition) is 1. The summed E-state index contributed by atoms with van der Waals surface area (Å²) in [6.45, 7) is 10.2. The second-order valence-corrected chi connectivity index (χ2v) is 12.9. The molecule has 0 aliphatic carbocycles. The second kappa shape index (κ2) is 6.00. The summed E-state index contributed by atoms with van der Waals surface area (Å²) in [5.41, 5.74) is 1.87. The first-order chi connectivity index (χ1) is 12.0. The zero-order valence-corrected chi connectivity index (χ0v) is 15.4. The van der Waals surface area contributed by atoms with E-state index in [4.69, 9.17) is 6.85 Å². The van der Waals surface area contributed by atoms with E-state index in [0.29, 0.717) is 11.3 Å². The summed E-state index contributed by atoms with van der Waals surface area (Å²) in [6.07, 6.45) is 0.303. The SMILES string of the molecule is [2H]C([2H])([2H])c1ccc(-c2cc(C([2H])([2H])C(C)(C)C)c([Si](C)(C)C)cn2)cc1. The van der Waals surface area contributed by atoms with Gasteiger partial charge in [-0.2, -0.15) is 0 Å². The Morgan fingerprint density at radius 2 is 1.77 bits per heavy atom. The predicted octanol–water partition coefficient (Wildman–Crippen LogP) is 5.19. The number of hydrogen-bond donors (Lipinski definition) is 0. The Labute approximate surface area is 143 Å². The maximum atomic E-state index is 8.80. The average Bonchev–Trinajstić information content (AvgIpc) is 2.51. The van der Waals surface area contributed by atoms with Gasteiger partial charge in [0.2, 0.25) is 0 Å². The number of nitrogens with zero attached hydrogens (tertiary/aromatic N) is 1. The zero-order valence-electron chi connectivity index (χ0n) is 19.4. The van der Waals surface area contributed by atoms with Gasteiger partial charge in [0.25, 0.3) is 0 Å². The van der Waals surface area contributed by atoms with Gasteiger partial charge in [0.1, 0.15) is 0 Å². The van der Waals surface area contributed by atoms with E-state index in [2.05, 4.69) is 24.6 Å². The van der Waals surface area contributed by atoms with E-state index in [1.54, 1.807) is 24.3 Å². The molecule has 0 radical (unpaired) electrons. The lowest BCUT2D eigenvalue weighted by Crippen LogP contribution is -2.41. The minimum atomic E-state index is -2.14. The molecule has 0 saturated heterocycles. The van der Waals surface area contributed by atoms with Crippen LogP contribution in [-0.4, -0.2) is 13.1 Å². The van der Waals surface area contributed by atoms with Crippen molar-refractivity contribution in [2.24, 2.45) is 5.41 Å². The Kier molecular flexibility index (Phi) is 3.05. The number of aryl methyl sites for hydroxylation is 1. The van der Waals surface area contributed by atoms with Gasteiger partial charge in [-0.25, -0.2) is 0 Å². The largest absolute Gasteiger partial charge is 0.256 e. The third-order valence-corrected chi connectivity index (χ3v) is 5.42. The molecule has 0 N–H and O–H groups in total. The Hall–Kier alpha value is -1.41. The van der Waals surface area contributed by atoms with Crippen LogP contribution in [0.15, 0.2) is 36.5 Å². The average molecular weight is 317 g/mol.